The molecule has 1 fully saturated rings. The first-order valence-electron chi connectivity index (χ1n) is 7.55. The summed E-state index contributed by atoms with van der Waals surface area (Å²) in [5, 5.41) is 6.34. The molecule has 0 heterocycles. The van der Waals surface area contributed by atoms with Crippen molar-refractivity contribution in [3.63, 3.8) is 0 Å². The van der Waals surface area contributed by atoms with Crippen LogP contribution in [0.15, 0.2) is 24.3 Å². The van der Waals surface area contributed by atoms with Crippen molar-refractivity contribution in [2.24, 2.45) is 5.41 Å². The van der Waals surface area contributed by atoms with E-state index in [4.69, 9.17) is 0 Å². The summed E-state index contributed by atoms with van der Waals surface area (Å²) in [4.78, 5) is 12.5. The average Bonchev–Trinajstić information content (AvgIpc) is 2.76. The Bertz CT molecular complexity index is 468. The standard InChI is InChI=1S/C17H26N2O/c1-17(2)10-8-14(12-17)19-16(20)15-7-5-4-6-13(15)9-11-18-3/h4-7,14,18H,8-12H2,1-3H3,(H,19,20). The quantitative estimate of drug-likeness (QED) is 0.867. The van der Waals surface area contributed by atoms with Crippen molar-refractivity contribution in [1.29, 1.82) is 0 Å². The molecule has 20 heavy (non-hydrogen) atoms. The van der Waals surface area contributed by atoms with Gasteiger partial charge >= 0.3 is 0 Å². The highest BCUT2D eigenvalue weighted by Crippen LogP contribution is 2.37. The zero-order valence-electron chi connectivity index (χ0n) is 12.8. The van der Waals surface area contributed by atoms with Crippen LogP contribution in [0.2, 0.25) is 0 Å². The molecule has 1 aromatic rings. The van der Waals surface area contributed by atoms with Crippen molar-refractivity contribution in [1.82, 2.24) is 10.6 Å². The number of benzene rings is 1. The predicted molar refractivity (Wildman–Crippen MR) is 83.0 cm³/mol. The zero-order valence-corrected chi connectivity index (χ0v) is 12.8. The highest BCUT2D eigenvalue weighted by atomic mass is 16.1. The van der Waals surface area contributed by atoms with Crippen molar-refractivity contribution >= 4 is 5.91 Å². The van der Waals surface area contributed by atoms with Crippen molar-refractivity contribution in [3.8, 4) is 0 Å². The summed E-state index contributed by atoms with van der Waals surface area (Å²) in [6, 6.07) is 8.25. The second-order valence-corrected chi connectivity index (χ2v) is 6.59. The Labute approximate surface area is 122 Å². The lowest BCUT2D eigenvalue weighted by Gasteiger charge is -2.18. The van der Waals surface area contributed by atoms with Crippen LogP contribution in [0.25, 0.3) is 0 Å². The summed E-state index contributed by atoms with van der Waals surface area (Å²) in [5.41, 5.74) is 2.31. The smallest absolute Gasteiger partial charge is 0.251 e. The molecular weight excluding hydrogens is 248 g/mol. The summed E-state index contributed by atoms with van der Waals surface area (Å²) >= 11 is 0. The van der Waals surface area contributed by atoms with Crippen LogP contribution in [0.4, 0.5) is 0 Å². The van der Waals surface area contributed by atoms with Gasteiger partial charge in [-0.25, -0.2) is 0 Å². The van der Waals surface area contributed by atoms with E-state index in [2.05, 4.69) is 24.5 Å². The van der Waals surface area contributed by atoms with Gasteiger partial charge in [0.05, 0.1) is 0 Å². The molecule has 3 heteroatoms. The Morgan fingerprint density at radius 2 is 2.10 bits per heavy atom. The highest BCUT2D eigenvalue weighted by molar-refractivity contribution is 5.95. The maximum atomic E-state index is 12.5. The number of carbonyl (C=O) groups is 1. The molecule has 1 aliphatic rings. The van der Waals surface area contributed by atoms with E-state index in [-0.39, 0.29) is 5.91 Å². The van der Waals surface area contributed by atoms with E-state index in [0.29, 0.717) is 11.5 Å². The van der Waals surface area contributed by atoms with E-state index < -0.39 is 0 Å². The largest absolute Gasteiger partial charge is 0.349 e. The third-order valence-corrected chi connectivity index (χ3v) is 4.21. The fourth-order valence-electron chi connectivity index (χ4n) is 3.04. The molecule has 0 radical (unpaired) electrons. The number of amides is 1. The minimum Gasteiger partial charge on any atom is -0.349 e. The molecule has 110 valence electrons. The van der Waals surface area contributed by atoms with Crippen molar-refractivity contribution in [3.05, 3.63) is 35.4 Å². The second kappa shape index (κ2) is 6.40. The van der Waals surface area contributed by atoms with Crippen LogP contribution in [-0.2, 0) is 6.42 Å². The Balaban J connectivity index is 2.02. The number of hydrogen-bond acceptors (Lipinski definition) is 2. The van der Waals surface area contributed by atoms with E-state index in [9.17, 15) is 4.79 Å². The van der Waals surface area contributed by atoms with Gasteiger partial charge in [0.2, 0.25) is 0 Å². The summed E-state index contributed by atoms with van der Waals surface area (Å²) in [6.07, 6.45) is 4.25. The van der Waals surface area contributed by atoms with Gasteiger partial charge in [0.15, 0.2) is 0 Å². The van der Waals surface area contributed by atoms with Crippen molar-refractivity contribution in [2.45, 2.75) is 45.6 Å². The normalized spacial score (nSPS) is 20.9. The third kappa shape index (κ3) is 3.83. The third-order valence-electron chi connectivity index (χ3n) is 4.21. The van der Waals surface area contributed by atoms with Crippen LogP contribution in [0, 0.1) is 5.41 Å². The van der Waals surface area contributed by atoms with Crippen molar-refractivity contribution < 1.29 is 4.79 Å². The van der Waals surface area contributed by atoms with Crippen molar-refractivity contribution in [2.75, 3.05) is 13.6 Å². The van der Waals surface area contributed by atoms with Crippen LogP contribution >= 0.6 is 0 Å². The number of likely N-dealkylation sites (N-methyl/N-ethyl adjacent to an activating group) is 1. The monoisotopic (exact) mass is 274 g/mol. The van der Waals surface area contributed by atoms with Crippen LogP contribution < -0.4 is 10.6 Å². The molecule has 1 unspecified atom stereocenters. The van der Waals surface area contributed by atoms with E-state index in [1.54, 1.807) is 0 Å². The Morgan fingerprint density at radius 3 is 2.75 bits per heavy atom. The van der Waals surface area contributed by atoms with Gasteiger partial charge in [0.1, 0.15) is 0 Å². The molecule has 3 nitrogen and oxygen atoms in total. The first-order valence-corrected chi connectivity index (χ1v) is 7.55. The first kappa shape index (κ1) is 15.0. The number of rotatable bonds is 5. The minimum absolute atomic E-state index is 0.0828. The number of nitrogens with one attached hydrogen (secondary N) is 2. The minimum atomic E-state index is 0.0828. The Hall–Kier alpha value is -1.35. The molecule has 2 rings (SSSR count). The van der Waals surface area contributed by atoms with Gasteiger partial charge in [-0.3, -0.25) is 4.79 Å². The Morgan fingerprint density at radius 1 is 1.35 bits per heavy atom. The van der Waals surface area contributed by atoms with Gasteiger partial charge in [-0.15, -0.1) is 0 Å². The fraction of sp³-hybridized carbons (Fsp3) is 0.588. The van der Waals surface area contributed by atoms with E-state index >= 15 is 0 Å². The lowest BCUT2D eigenvalue weighted by Crippen LogP contribution is -2.34. The van der Waals surface area contributed by atoms with Gasteiger partial charge in [-0.05, 0) is 56.3 Å². The Kier molecular flexibility index (Phi) is 4.81. The average molecular weight is 274 g/mol. The van der Waals surface area contributed by atoms with Crippen LogP contribution in [0.1, 0.15) is 49.0 Å². The highest BCUT2D eigenvalue weighted by Gasteiger charge is 2.31. The van der Waals surface area contributed by atoms with Gasteiger partial charge < -0.3 is 10.6 Å². The lowest BCUT2D eigenvalue weighted by molar-refractivity contribution is 0.0935. The van der Waals surface area contributed by atoms with Gasteiger partial charge in [0, 0.05) is 11.6 Å². The SMILES string of the molecule is CNCCc1ccccc1C(=O)NC1CCC(C)(C)C1. The van der Waals surface area contributed by atoms with E-state index in [0.717, 1.165) is 36.9 Å². The summed E-state index contributed by atoms with van der Waals surface area (Å²) < 4.78 is 0. The van der Waals surface area contributed by atoms with Crippen LogP contribution in [-0.4, -0.2) is 25.5 Å². The number of carbonyl (C=O) groups excluding carboxylic acids is 1. The molecule has 1 atom stereocenters. The van der Waals surface area contributed by atoms with Crippen LogP contribution in [0.5, 0.6) is 0 Å². The molecule has 1 saturated carbocycles. The maximum absolute atomic E-state index is 12.5. The molecule has 2 N–H and O–H groups in total. The molecule has 0 aromatic heterocycles. The van der Waals surface area contributed by atoms with Gasteiger partial charge in [-0.2, -0.15) is 0 Å². The van der Waals surface area contributed by atoms with Gasteiger partial charge in [-0.1, -0.05) is 32.0 Å². The molecule has 0 saturated heterocycles. The molecule has 1 aliphatic carbocycles. The lowest BCUT2D eigenvalue weighted by atomic mass is 9.92. The summed E-state index contributed by atoms with van der Waals surface area (Å²) in [5.74, 6) is 0.0828. The molecular formula is C17H26N2O. The van der Waals surface area contributed by atoms with E-state index in [1.807, 2.05) is 31.3 Å². The summed E-state index contributed by atoms with van der Waals surface area (Å²) in [6.45, 7) is 5.45. The number of hydrogen-bond donors (Lipinski definition) is 2. The molecule has 0 aliphatic heterocycles. The molecule has 1 amide bonds. The second-order valence-electron chi connectivity index (χ2n) is 6.59. The zero-order chi connectivity index (χ0) is 14.6. The fourth-order valence-corrected chi connectivity index (χ4v) is 3.04. The molecule has 0 bridgehead atoms. The van der Waals surface area contributed by atoms with E-state index in [1.165, 1.54) is 6.42 Å². The predicted octanol–water partition coefficient (Wildman–Crippen LogP) is 2.76. The summed E-state index contributed by atoms with van der Waals surface area (Å²) in [7, 11) is 1.93. The first-order chi connectivity index (χ1) is 9.52. The molecule has 1 aromatic carbocycles. The van der Waals surface area contributed by atoms with Gasteiger partial charge in [0.25, 0.3) is 5.91 Å². The molecule has 0 spiro atoms. The van der Waals surface area contributed by atoms with Crippen LogP contribution in [0.3, 0.4) is 0 Å². The maximum Gasteiger partial charge on any atom is 0.251 e. The topological polar surface area (TPSA) is 41.1 Å².